The van der Waals surface area contributed by atoms with Crippen LogP contribution in [-0.2, 0) is 11.3 Å². The van der Waals surface area contributed by atoms with Gasteiger partial charge in [0.05, 0.1) is 16.0 Å². The monoisotopic (exact) mass is 423 g/mol. The van der Waals surface area contributed by atoms with E-state index in [0.29, 0.717) is 10.7 Å². The van der Waals surface area contributed by atoms with Gasteiger partial charge < -0.3 is 10.4 Å². The van der Waals surface area contributed by atoms with Gasteiger partial charge in [-0.25, -0.2) is 14.2 Å². The molecule has 1 aromatic carbocycles. The van der Waals surface area contributed by atoms with Crippen molar-refractivity contribution in [3.63, 3.8) is 0 Å². The van der Waals surface area contributed by atoms with E-state index in [1.807, 2.05) is 13.8 Å². The number of nitrogens with zero attached hydrogens (tertiary/aromatic N) is 2. The van der Waals surface area contributed by atoms with E-state index in [1.165, 1.54) is 17.5 Å². The standard InChI is InChI=1S/C18H15ClFN3O4S/c1-8(2)15-22-16-14(10(7-28-16)18(26)27)17(25)23(15)6-13(24)21-9-3-4-12(20)11(19)5-9/h3-5,7-8H,6H2,1-2H3,(H,21,24)(H,26,27). The van der Waals surface area contributed by atoms with E-state index < -0.39 is 23.3 Å². The molecule has 146 valence electrons. The first kappa shape index (κ1) is 20.0. The maximum absolute atomic E-state index is 13.3. The summed E-state index contributed by atoms with van der Waals surface area (Å²) in [4.78, 5) is 41.5. The van der Waals surface area contributed by atoms with Gasteiger partial charge in [0.2, 0.25) is 5.91 Å². The molecule has 10 heteroatoms. The van der Waals surface area contributed by atoms with Gasteiger partial charge in [0, 0.05) is 17.0 Å². The van der Waals surface area contributed by atoms with Crippen LogP contribution in [0.15, 0.2) is 28.4 Å². The van der Waals surface area contributed by atoms with Crippen LogP contribution >= 0.6 is 22.9 Å². The number of hydrogen-bond acceptors (Lipinski definition) is 5. The summed E-state index contributed by atoms with van der Waals surface area (Å²) in [5.74, 6) is -2.23. The number of anilines is 1. The Morgan fingerprint density at radius 1 is 1.39 bits per heavy atom. The average Bonchev–Trinajstić information content (AvgIpc) is 3.05. The Kier molecular flexibility index (Phi) is 5.48. The Morgan fingerprint density at radius 3 is 2.71 bits per heavy atom. The maximum Gasteiger partial charge on any atom is 0.337 e. The Bertz CT molecular complexity index is 1160. The number of carbonyl (C=O) groups excluding carboxylic acids is 1. The second-order valence-corrected chi connectivity index (χ2v) is 7.59. The number of amides is 1. The van der Waals surface area contributed by atoms with Crippen molar-refractivity contribution < 1.29 is 19.1 Å². The molecule has 0 bridgehead atoms. The summed E-state index contributed by atoms with van der Waals surface area (Å²) in [7, 11) is 0. The van der Waals surface area contributed by atoms with Crippen LogP contribution in [0.3, 0.4) is 0 Å². The lowest BCUT2D eigenvalue weighted by molar-refractivity contribution is -0.116. The molecular formula is C18H15ClFN3O4S. The van der Waals surface area contributed by atoms with Crippen LogP contribution in [0.5, 0.6) is 0 Å². The fourth-order valence-corrected chi connectivity index (χ4v) is 3.80. The van der Waals surface area contributed by atoms with Crippen molar-refractivity contribution in [2.24, 2.45) is 0 Å². The quantitative estimate of drug-likeness (QED) is 0.651. The van der Waals surface area contributed by atoms with Crippen molar-refractivity contribution in [2.45, 2.75) is 26.3 Å². The summed E-state index contributed by atoms with van der Waals surface area (Å²) in [5, 5.41) is 13.0. The Labute approximate surface area is 167 Å². The van der Waals surface area contributed by atoms with Crippen LogP contribution in [0, 0.1) is 5.82 Å². The SMILES string of the molecule is CC(C)c1nc2scc(C(=O)O)c2c(=O)n1CC(=O)Nc1ccc(F)c(Cl)c1. The second-order valence-electron chi connectivity index (χ2n) is 6.33. The molecule has 28 heavy (non-hydrogen) atoms. The van der Waals surface area contributed by atoms with Crippen molar-refractivity contribution >= 4 is 50.7 Å². The Balaban J connectivity index is 2.01. The molecule has 0 unspecified atom stereocenters. The summed E-state index contributed by atoms with van der Waals surface area (Å²) in [6, 6.07) is 3.71. The second kappa shape index (κ2) is 7.69. The van der Waals surface area contributed by atoms with Crippen LogP contribution in [0.25, 0.3) is 10.2 Å². The number of thiophene rings is 1. The van der Waals surface area contributed by atoms with Gasteiger partial charge in [-0.1, -0.05) is 25.4 Å². The molecule has 0 atom stereocenters. The van der Waals surface area contributed by atoms with Gasteiger partial charge in [-0.3, -0.25) is 14.2 Å². The zero-order valence-electron chi connectivity index (χ0n) is 14.8. The normalized spacial score (nSPS) is 11.2. The number of aromatic carboxylic acids is 1. The number of carbonyl (C=O) groups is 2. The van der Waals surface area contributed by atoms with Gasteiger partial charge in [-0.2, -0.15) is 0 Å². The highest BCUT2D eigenvalue weighted by Crippen LogP contribution is 2.24. The molecule has 1 amide bonds. The number of nitrogens with one attached hydrogen (secondary N) is 1. The third kappa shape index (κ3) is 3.76. The first-order valence-electron chi connectivity index (χ1n) is 8.19. The predicted molar refractivity (Wildman–Crippen MR) is 105 cm³/mol. The van der Waals surface area contributed by atoms with E-state index in [1.54, 1.807) is 0 Å². The molecule has 0 aliphatic rings. The fraction of sp³-hybridized carbons (Fsp3) is 0.222. The van der Waals surface area contributed by atoms with Gasteiger partial charge in [0.25, 0.3) is 5.56 Å². The molecule has 0 radical (unpaired) electrons. The summed E-state index contributed by atoms with van der Waals surface area (Å²) < 4.78 is 14.4. The number of halogens is 2. The minimum absolute atomic E-state index is 0.0282. The van der Waals surface area contributed by atoms with E-state index in [9.17, 15) is 23.9 Å². The molecule has 2 aromatic heterocycles. The predicted octanol–water partition coefficient (Wildman–Crippen LogP) is 3.71. The van der Waals surface area contributed by atoms with Gasteiger partial charge in [0.1, 0.15) is 23.0 Å². The number of carboxylic acids is 1. The van der Waals surface area contributed by atoms with Crippen LogP contribution < -0.4 is 10.9 Å². The number of rotatable bonds is 5. The van der Waals surface area contributed by atoms with Crippen molar-refractivity contribution in [1.82, 2.24) is 9.55 Å². The van der Waals surface area contributed by atoms with Gasteiger partial charge in [-0.15, -0.1) is 11.3 Å². The molecule has 7 nitrogen and oxygen atoms in total. The smallest absolute Gasteiger partial charge is 0.337 e. The highest BCUT2D eigenvalue weighted by atomic mass is 35.5. The molecule has 3 aromatic rings. The van der Waals surface area contributed by atoms with Gasteiger partial charge in [-0.05, 0) is 18.2 Å². The number of fused-ring (bicyclic) bond motifs is 1. The molecule has 2 N–H and O–H groups in total. The first-order valence-corrected chi connectivity index (χ1v) is 9.45. The number of aromatic nitrogens is 2. The van der Waals surface area contributed by atoms with Crippen molar-refractivity contribution in [2.75, 3.05) is 5.32 Å². The molecule has 3 rings (SSSR count). The topological polar surface area (TPSA) is 101 Å². The summed E-state index contributed by atoms with van der Waals surface area (Å²) in [5.41, 5.74) is -0.474. The third-order valence-corrected chi connectivity index (χ3v) is 5.14. The zero-order valence-corrected chi connectivity index (χ0v) is 16.4. The highest BCUT2D eigenvalue weighted by molar-refractivity contribution is 7.17. The highest BCUT2D eigenvalue weighted by Gasteiger charge is 2.22. The minimum atomic E-state index is -1.24. The molecule has 0 saturated heterocycles. The lowest BCUT2D eigenvalue weighted by Crippen LogP contribution is -2.32. The number of benzene rings is 1. The number of hydrogen-bond donors (Lipinski definition) is 2. The van der Waals surface area contributed by atoms with E-state index in [2.05, 4.69) is 10.3 Å². The Hall–Kier alpha value is -2.78. The van der Waals surface area contributed by atoms with E-state index in [-0.39, 0.29) is 34.1 Å². The Morgan fingerprint density at radius 2 is 2.11 bits per heavy atom. The molecule has 0 fully saturated rings. The molecule has 2 heterocycles. The lowest BCUT2D eigenvalue weighted by Gasteiger charge is -2.15. The van der Waals surface area contributed by atoms with Crippen molar-refractivity contribution in [3.8, 4) is 0 Å². The summed E-state index contributed by atoms with van der Waals surface area (Å²) in [6.45, 7) is 3.25. The summed E-state index contributed by atoms with van der Waals surface area (Å²) >= 11 is 6.77. The van der Waals surface area contributed by atoms with E-state index in [4.69, 9.17) is 11.6 Å². The zero-order chi connectivity index (χ0) is 20.6. The van der Waals surface area contributed by atoms with Crippen molar-refractivity contribution in [1.29, 1.82) is 0 Å². The largest absolute Gasteiger partial charge is 0.478 e. The molecular weight excluding hydrogens is 409 g/mol. The van der Waals surface area contributed by atoms with Crippen LogP contribution in [-0.4, -0.2) is 26.5 Å². The lowest BCUT2D eigenvalue weighted by atomic mass is 10.2. The molecule has 0 spiro atoms. The molecule has 0 aliphatic carbocycles. The molecule has 0 aliphatic heterocycles. The van der Waals surface area contributed by atoms with Crippen LogP contribution in [0.2, 0.25) is 5.02 Å². The maximum atomic E-state index is 13.3. The minimum Gasteiger partial charge on any atom is -0.478 e. The molecule has 0 saturated carbocycles. The van der Waals surface area contributed by atoms with Crippen LogP contribution in [0.1, 0.15) is 35.9 Å². The first-order chi connectivity index (χ1) is 13.2. The van der Waals surface area contributed by atoms with Gasteiger partial charge in [0.15, 0.2) is 0 Å². The van der Waals surface area contributed by atoms with Crippen LogP contribution in [0.4, 0.5) is 10.1 Å². The average molecular weight is 424 g/mol. The third-order valence-electron chi connectivity index (χ3n) is 3.98. The van der Waals surface area contributed by atoms with E-state index >= 15 is 0 Å². The summed E-state index contributed by atoms with van der Waals surface area (Å²) in [6.07, 6.45) is 0. The van der Waals surface area contributed by atoms with E-state index in [0.717, 1.165) is 22.0 Å². The van der Waals surface area contributed by atoms with Crippen molar-refractivity contribution in [3.05, 3.63) is 56.2 Å². The fourth-order valence-electron chi connectivity index (χ4n) is 2.71. The number of carboxylic acid groups (broad SMARTS) is 1. The van der Waals surface area contributed by atoms with Gasteiger partial charge >= 0.3 is 5.97 Å².